The molecule has 1 atom stereocenters. The first-order chi connectivity index (χ1) is 13.6. The van der Waals surface area contributed by atoms with Crippen molar-refractivity contribution in [3.63, 3.8) is 0 Å². The molecule has 1 fully saturated rings. The van der Waals surface area contributed by atoms with Crippen LogP contribution in [0.25, 0.3) is 22.2 Å². The molecule has 28 heavy (non-hydrogen) atoms. The van der Waals surface area contributed by atoms with Gasteiger partial charge >= 0.3 is 0 Å². The maximum Gasteiger partial charge on any atom is 0.242 e. The average molecular weight is 379 g/mol. The topological polar surface area (TPSA) is 74.0 Å². The number of halogens is 1. The molecule has 0 radical (unpaired) electrons. The van der Waals surface area contributed by atoms with Gasteiger partial charge < -0.3 is 15.6 Å². The molecule has 4 rings (SSSR count). The summed E-state index contributed by atoms with van der Waals surface area (Å²) in [6.07, 6.45) is 2.34. The van der Waals surface area contributed by atoms with Crippen LogP contribution in [0.5, 0.6) is 0 Å². The van der Waals surface area contributed by atoms with Crippen molar-refractivity contribution >= 4 is 22.7 Å². The van der Waals surface area contributed by atoms with Crippen LogP contribution in [0.3, 0.4) is 0 Å². The van der Waals surface area contributed by atoms with Gasteiger partial charge in [0, 0.05) is 29.6 Å². The van der Waals surface area contributed by atoms with Gasteiger partial charge in [-0.2, -0.15) is 0 Å². The van der Waals surface area contributed by atoms with Crippen LogP contribution < -0.4 is 10.6 Å². The highest BCUT2D eigenvalue weighted by atomic mass is 19.1. The Labute approximate surface area is 162 Å². The van der Waals surface area contributed by atoms with Crippen LogP contribution >= 0.6 is 0 Å². The second-order valence-electron chi connectivity index (χ2n) is 7.08. The predicted octanol–water partition coefficient (Wildman–Crippen LogP) is 3.30. The number of aromatic nitrogens is 1. The summed E-state index contributed by atoms with van der Waals surface area (Å²) < 4.78 is 13.3. The molecule has 5 nitrogen and oxygen atoms in total. The number of hydrogen-bond donors (Lipinski definition) is 3. The number of H-pyrrole nitrogens is 1. The number of nitrogens with one attached hydrogen (secondary N) is 3. The van der Waals surface area contributed by atoms with E-state index in [0.29, 0.717) is 19.4 Å². The zero-order valence-electron chi connectivity index (χ0n) is 15.4. The van der Waals surface area contributed by atoms with Gasteiger partial charge in [-0.1, -0.05) is 18.2 Å². The molecule has 144 valence electrons. The Balaban J connectivity index is 1.55. The van der Waals surface area contributed by atoms with Crippen LogP contribution in [-0.2, 0) is 16.0 Å². The predicted molar refractivity (Wildman–Crippen MR) is 106 cm³/mol. The Bertz CT molecular complexity index is 1010. The summed E-state index contributed by atoms with van der Waals surface area (Å²) in [5.41, 5.74) is 3.76. The Morgan fingerprint density at radius 1 is 1.14 bits per heavy atom. The van der Waals surface area contributed by atoms with Crippen LogP contribution in [0.4, 0.5) is 4.39 Å². The van der Waals surface area contributed by atoms with E-state index < -0.39 is 6.04 Å². The van der Waals surface area contributed by atoms with Gasteiger partial charge in [0.15, 0.2) is 0 Å². The molecule has 2 amide bonds. The van der Waals surface area contributed by atoms with E-state index >= 15 is 0 Å². The molecule has 2 heterocycles. The van der Waals surface area contributed by atoms with Gasteiger partial charge in [-0.3, -0.25) is 9.59 Å². The molecule has 1 aliphatic heterocycles. The van der Waals surface area contributed by atoms with Gasteiger partial charge in [-0.15, -0.1) is 0 Å². The number of para-hydroxylation sites is 1. The molecule has 1 aliphatic rings. The minimum atomic E-state index is -0.444. The minimum absolute atomic E-state index is 0.112. The lowest BCUT2D eigenvalue weighted by atomic mass is 10.0. The number of rotatable bonds is 5. The summed E-state index contributed by atoms with van der Waals surface area (Å²) in [5, 5.41) is 6.66. The first-order valence-electron chi connectivity index (χ1n) is 9.54. The van der Waals surface area contributed by atoms with Gasteiger partial charge in [0.1, 0.15) is 11.9 Å². The minimum Gasteiger partial charge on any atom is -0.354 e. The molecule has 0 aliphatic carbocycles. The van der Waals surface area contributed by atoms with Gasteiger partial charge in [0.2, 0.25) is 11.8 Å². The molecule has 3 aromatic rings. The Morgan fingerprint density at radius 3 is 2.71 bits per heavy atom. The van der Waals surface area contributed by atoms with Crippen LogP contribution in [0.1, 0.15) is 24.8 Å². The second-order valence-corrected chi connectivity index (χ2v) is 7.08. The summed E-state index contributed by atoms with van der Waals surface area (Å²) in [6.45, 7) is 0.668. The van der Waals surface area contributed by atoms with E-state index in [1.807, 2.05) is 24.3 Å². The molecule has 6 heteroatoms. The highest BCUT2D eigenvalue weighted by molar-refractivity contribution is 5.92. The van der Waals surface area contributed by atoms with Crippen LogP contribution in [0, 0.1) is 5.82 Å². The van der Waals surface area contributed by atoms with Crippen molar-refractivity contribution in [2.24, 2.45) is 0 Å². The molecule has 2 aromatic carbocycles. The first kappa shape index (κ1) is 18.2. The monoisotopic (exact) mass is 379 g/mol. The smallest absolute Gasteiger partial charge is 0.242 e. The van der Waals surface area contributed by atoms with Gasteiger partial charge in [-0.25, -0.2) is 4.39 Å². The molecule has 0 unspecified atom stereocenters. The maximum atomic E-state index is 13.3. The van der Waals surface area contributed by atoms with E-state index in [2.05, 4.69) is 15.6 Å². The lowest BCUT2D eigenvalue weighted by Crippen LogP contribution is -2.50. The van der Waals surface area contributed by atoms with Crippen molar-refractivity contribution in [1.82, 2.24) is 15.6 Å². The SMILES string of the molecule is O=C(CCc1c(-c2ccc(F)cc2)[nH]c2ccccc12)N[C@H]1CCCNC1=O. The van der Waals surface area contributed by atoms with Gasteiger partial charge in [0.05, 0.1) is 0 Å². The molecule has 0 saturated carbocycles. The number of piperidine rings is 1. The summed E-state index contributed by atoms with van der Waals surface area (Å²) in [6, 6.07) is 13.8. The van der Waals surface area contributed by atoms with E-state index in [4.69, 9.17) is 0 Å². The molecule has 1 aromatic heterocycles. The van der Waals surface area contributed by atoms with E-state index in [1.54, 1.807) is 12.1 Å². The van der Waals surface area contributed by atoms with Crippen molar-refractivity contribution < 1.29 is 14.0 Å². The fourth-order valence-corrected chi connectivity index (χ4v) is 3.74. The van der Waals surface area contributed by atoms with Crippen molar-refractivity contribution in [2.45, 2.75) is 31.7 Å². The second kappa shape index (κ2) is 7.84. The van der Waals surface area contributed by atoms with Gasteiger partial charge in [0.25, 0.3) is 0 Å². The molecule has 1 saturated heterocycles. The lowest BCUT2D eigenvalue weighted by molar-refractivity contribution is -0.130. The van der Waals surface area contributed by atoms with Crippen molar-refractivity contribution in [1.29, 1.82) is 0 Å². The Morgan fingerprint density at radius 2 is 1.93 bits per heavy atom. The number of carbonyl (C=O) groups excluding carboxylic acids is 2. The van der Waals surface area contributed by atoms with E-state index in [9.17, 15) is 14.0 Å². The summed E-state index contributed by atoms with van der Waals surface area (Å²) >= 11 is 0. The number of aromatic amines is 1. The number of hydrogen-bond acceptors (Lipinski definition) is 2. The Kier molecular flexibility index (Phi) is 5.10. The third-order valence-corrected chi connectivity index (χ3v) is 5.17. The first-order valence-corrected chi connectivity index (χ1v) is 9.54. The standard InChI is InChI=1S/C22H22FN3O2/c23-15-9-7-14(8-10-15)21-17(16-4-1-2-5-18(16)26-21)11-12-20(27)25-19-6-3-13-24-22(19)28/h1-2,4-5,7-10,19,26H,3,6,11-13H2,(H,24,28)(H,25,27)/t19-/m0/s1. The number of aryl methyl sites for hydroxylation is 1. The lowest BCUT2D eigenvalue weighted by Gasteiger charge is -2.22. The fraction of sp³-hybridized carbons (Fsp3) is 0.273. The molecule has 0 spiro atoms. The van der Waals surface area contributed by atoms with Crippen molar-refractivity contribution in [3.8, 4) is 11.3 Å². The highest BCUT2D eigenvalue weighted by Crippen LogP contribution is 2.31. The number of fused-ring (bicyclic) bond motifs is 1. The normalized spacial score (nSPS) is 16.8. The zero-order chi connectivity index (χ0) is 19.5. The molecule has 0 bridgehead atoms. The number of amides is 2. The molecular weight excluding hydrogens is 357 g/mol. The van der Waals surface area contributed by atoms with E-state index in [-0.39, 0.29) is 24.1 Å². The summed E-state index contributed by atoms with van der Waals surface area (Å²) in [5.74, 6) is -0.539. The van der Waals surface area contributed by atoms with Crippen LogP contribution in [-0.4, -0.2) is 29.4 Å². The summed E-state index contributed by atoms with van der Waals surface area (Å²) in [4.78, 5) is 27.7. The van der Waals surface area contributed by atoms with Crippen molar-refractivity contribution in [2.75, 3.05) is 6.54 Å². The zero-order valence-corrected chi connectivity index (χ0v) is 15.4. The maximum absolute atomic E-state index is 13.3. The number of carbonyl (C=O) groups is 2. The quantitative estimate of drug-likeness (QED) is 0.636. The van der Waals surface area contributed by atoms with Crippen molar-refractivity contribution in [3.05, 3.63) is 59.9 Å². The van der Waals surface area contributed by atoms with E-state index in [0.717, 1.165) is 34.1 Å². The van der Waals surface area contributed by atoms with Crippen LogP contribution in [0.2, 0.25) is 0 Å². The third-order valence-electron chi connectivity index (χ3n) is 5.17. The highest BCUT2D eigenvalue weighted by Gasteiger charge is 2.23. The average Bonchev–Trinajstić information content (AvgIpc) is 3.07. The Hall–Kier alpha value is -3.15. The summed E-state index contributed by atoms with van der Waals surface area (Å²) in [7, 11) is 0. The fourth-order valence-electron chi connectivity index (χ4n) is 3.74. The molecular formula is C22H22FN3O2. The molecule has 3 N–H and O–H groups in total. The number of benzene rings is 2. The van der Waals surface area contributed by atoms with Gasteiger partial charge in [-0.05, 0) is 60.7 Å². The van der Waals surface area contributed by atoms with Crippen LogP contribution in [0.15, 0.2) is 48.5 Å². The largest absolute Gasteiger partial charge is 0.354 e. The van der Waals surface area contributed by atoms with E-state index in [1.165, 1.54) is 12.1 Å². The third kappa shape index (κ3) is 3.76.